The van der Waals surface area contributed by atoms with E-state index in [9.17, 15) is 23.5 Å². The Morgan fingerprint density at radius 3 is 2.72 bits per heavy atom. The van der Waals surface area contributed by atoms with Crippen molar-refractivity contribution in [2.45, 2.75) is 19.4 Å². The summed E-state index contributed by atoms with van der Waals surface area (Å²) >= 11 is 0.966. The second kappa shape index (κ2) is 8.23. The van der Waals surface area contributed by atoms with Gasteiger partial charge < -0.3 is 9.84 Å². The average molecular weight is 505 g/mol. The van der Waals surface area contributed by atoms with Crippen LogP contribution in [0.25, 0.3) is 16.0 Å². The molecule has 6 nitrogen and oxygen atoms in total. The number of fused-ring (bicyclic) bond motifs is 2. The largest absolute Gasteiger partial charge is 0.507 e. The van der Waals surface area contributed by atoms with Gasteiger partial charge in [0, 0.05) is 18.1 Å². The van der Waals surface area contributed by atoms with Crippen molar-refractivity contribution in [3.05, 3.63) is 94.1 Å². The second-order valence-electron chi connectivity index (χ2n) is 8.73. The van der Waals surface area contributed by atoms with E-state index in [0.29, 0.717) is 28.9 Å². The second-order valence-corrected chi connectivity index (χ2v) is 9.74. The van der Waals surface area contributed by atoms with Crippen molar-refractivity contribution in [2.75, 3.05) is 11.5 Å². The number of rotatable bonds is 3. The minimum Gasteiger partial charge on any atom is -0.507 e. The third kappa shape index (κ3) is 3.46. The first-order valence-electron chi connectivity index (χ1n) is 11.2. The smallest absolute Gasteiger partial charge is 0.301 e. The Kier molecular flexibility index (Phi) is 5.11. The van der Waals surface area contributed by atoms with E-state index in [-0.39, 0.29) is 22.0 Å². The van der Waals surface area contributed by atoms with Crippen LogP contribution in [0.1, 0.15) is 28.3 Å². The maximum Gasteiger partial charge on any atom is 0.301 e. The summed E-state index contributed by atoms with van der Waals surface area (Å²) in [6.07, 6.45) is 0.672. The van der Waals surface area contributed by atoms with Gasteiger partial charge >= 0.3 is 5.91 Å². The predicted molar refractivity (Wildman–Crippen MR) is 131 cm³/mol. The van der Waals surface area contributed by atoms with Gasteiger partial charge in [0.15, 0.2) is 16.8 Å². The van der Waals surface area contributed by atoms with E-state index in [1.807, 2.05) is 19.1 Å². The fourth-order valence-electron chi connectivity index (χ4n) is 4.69. The molecule has 2 aliphatic rings. The minimum atomic E-state index is -1.06. The van der Waals surface area contributed by atoms with Gasteiger partial charge in [-0.3, -0.25) is 14.5 Å². The van der Waals surface area contributed by atoms with Crippen molar-refractivity contribution in [2.24, 2.45) is 0 Å². The molecule has 1 amide bonds. The molecule has 1 saturated heterocycles. The third-order valence-corrected chi connectivity index (χ3v) is 7.41. The fourth-order valence-corrected chi connectivity index (χ4v) is 5.69. The molecule has 0 radical (unpaired) electrons. The van der Waals surface area contributed by atoms with Crippen LogP contribution in [-0.2, 0) is 16.0 Å². The number of anilines is 1. The van der Waals surface area contributed by atoms with Crippen LogP contribution in [0.4, 0.5) is 13.9 Å². The summed E-state index contributed by atoms with van der Waals surface area (Å²) in [6.45, 7) is 2.41. The number of aromatic nitrogens is 1. The van der Waals surface area contributed by atoms with E-state index in [2.05, 4.69) is 4.98 Å². The zero-order chi connectivity index (χ0) is 25.1. The molecule has 0 bridgehead atoms. The number of hydrogen-bond donors (Lipinski definition) is 1. The summed E-state index contributed by atoms with van der Waals surface area (Å²) in [5, 5.41) is 11.4. The number of halogens is 2. The van der Waals surface area contributed by atoms with Crippen LogP contribution >= 0.6 is 11.3 Å². The minimum absolute atomic E-state index is 0.0823. The highest BCUT2D eigenvalue weighted by atomic mass is 32.1. The third-order valence-electron chi connectivity index (χ3n) is 6.39. The van der Waals surface area contributed by atoms with Gasteiger partial charge in [-0.1, -0.05) is 41.2 Å². The Balaban J connectivity index is 1.56. The van der Waals surface area contributed by atoms with Crippen LogP contribution in [0.15, 0.2) is 60.2 Å². The van der Waals surface area contributed by atoms with Gasteiger partial charge in [-0.05, 0) is 42.3 Å². The molecular weight excluding hydrogens is 486 g/mol. The maximum absolute atomic E-state index is 13.8. The number of aryl methyl sites for hydroxylation is 1. The molecule has 3 heterocycles. The van der Waals surface area contributed by atoms with Gasteiger partial charge in [-0.15, -0.1) is 0 Å². The van der Waals surface area contributed by atoms with Gasteiger partial charge in [0.1, 0.15) is 11.5 Å². The van der Waals surface area contributed by atoms with E-state index in [4.69, 9.17) is 4.74 Å². The van der Waals surface area contributed by atoms with E-state index in [0.717, 1.165) is 40.3 Å². The first-order chi connectivity index (χ1) is 17.3. The molecule has 36 heavy (non-hydrogen) atoms. The Hall–Kier alpha value is -4.11. The lowest BCUT2D eigenvalue weighted by Gasteiger charge is -2.23. The van der Waals surface area contributed by atoms with Crippen molar-refractivity contribution in [3.63, 3.8) is 0 Å². The van der Waals surface area contributed by atoms with Crippen molar-refractivity contribution in [3.8, 4) is 5.75 Å². The number of aliphatic hydroxyl groups is 1. The number of carbonyl (C=O) groups excluding carboxylic acids is 2. The monoisotopic (exact) mass is 504 g/mol. The molecule has 0 aliphatic carbocycles. The van der Waals surface area contributed by atoms with E-state index in [1.165, 1.54) is 4.90 Å². The summed E-state index contributed by atoms with van der Waals surface area (Å²) in [5.41, 5.74) is 2.86. The quantitative estimate of drug-likeness (QED) is 0.228. The van der Waals surface area contributed by atoms with Gasteiger partial charge in [-0.2, -0.15) is 0 Å². The molecule has 1 aromatic heterocycles. The first-order valence-corrected chi connectivity index (χ1v) is 12.0. The molecule has 1 atom stereocenters. The number of nitrogens with zero attached hydrogens (tertiary/aromatic N) is 2. The van der Waals surface area contributed by atoms with Gasteiger partial charge in [0.05, 0.1) is 28.4 Å². The number of amides is 1. The zero-order valence-electron chi connectivity index (χ0n) is 18.9. The summed E-state index contributed by atoms with van der Waals surface area (Å²) in [6, 6.07) is 13.3. The maximum atomic E-state index is 13.8. The highest BCUT2D eigenvalue weighted by molar-refractivity contribution is 7.22. The molecule has 180 valence electrons. The van der Waals surface area contributed by atoms with Crippen LogP contribution < -0.4 is 9.64 Å². The lowest BCUT2D eigenvalue weighted by Crippen LogP contribution is -2.29. The standard InChI is InChI=1S/C27H18F2N2O4S/c1-13-3-2-4-15(9-13)23-22(24(32)16-5-6-20-14(10-16)7-8-35-20)25(33)26(34)31(23)27-30-19-11-17(28)18(29)12-21(19)36-27/h2-6,9-12,23,32H,7-8H2,1H3/b24-22+. The number of benzene rings is 3. The highest BCUT2D eigenvalue weighted by Crippen LogP contribution is 2.45. The molecule has 3 aromatic carbocycles. The number of aliphatic hydroxyl groups excluding tert-OH is 1. The topological polar surface area (TPSA) is 79.7 Å². The van der Waals surface area contributed by atoms with Gasteiger partial charge in [0.2, 0.25) is 0 Å². The first kappa shape index (κ1) is 22.4. The van der Waals surface area contributed by atoms with Gasteiger partial charge in [0.25, 0.3) is 5.78 Å². The Morgan fingerprint density at radius 1 is 1.11 bits per heavy atom. The molecule has 0 spiro atoms. The SMILES string of the molecule is Cc1cccc(C2/C(=C(\O)c3ccc4c(c3)CCO4)C(=O)C(=O)N2c2nc3cc(F)c(F)cc3s2)c1. The molecule has 9 heteroatoms. The predicted octanol–water partition coefficient (Wildman–Crippen LogP) is 5.44. The highest BCUT2D eigenvalue weighted by Gasteiger charge is 2.48. The van der Waals surface area contributed by atoms with Crippen LogP contribution in [0, 0.1) is 18.6 Å². The molecular formula is C27H18F2N2O4S. The zero-order valence-corrected chi connectivity index (χ0v) is 19.7. The van der Waals surface area contributed by atoms with Crippen LogP contribution in [0.5, 0.6) is 5.75 Å². The van der Waals surface area contributed by atoms with E-state index < -0.39 is 29.4 Å². The number of thiazole rings is 1. The summed E-state index contributed by atoms with van der Waals surface area (Å²) in [5.74, 6) is -3.43. The number of ether oxygens (including phenoxy) is 1. The summed E-state index contributed by atoms with van der Waals surface area (Å²) in [4.78, 5) is 32.2. The number of Topliss-reactive ketones (excluding diaryl/α,β-unsaturated/α-hetero) is 1. The Bertz CT molecular complexity index is 1590. The van der Waals surface area contributed by atoms with Crippen LogP contribution in [0.2, 0.25) is 0 Å². The summed E-state index contributed by atoms with van der Waals surface area (Å²) in [7, 11) is 0. The Labute approximate surface area is 208 Å². The lowest BCUT2D eigenvalue weighted by molar-refractivity contribution is -0.132. The summed E-state index contributed by atoms with van der Waals surface area (Å²) < 4.78 is 33.5. The molecule has 6 rings (SSSR count). The van der Waals surface area contributed by atoms with Crippen LogP contribution in [0.3, 0.4) is 0 Å². The van der Waals surface area contributed by atoms with Crippen LogP contribution in [-0.4, -0.2) is 28.4 Å². The molecule has 0 saturated carbocycles. The number of ketones is 1. The van der Waals surface area contributed by atoms with Crippen molar-refractivity contribution >= 4 is 44.1 Å². The number of hydrogen-bond acceptors (Lipinski definition) is 6. The van der Waals surface area contributed by atoms with E-state index in [1.54, 1.807) is 30.3 Å². The van der Waals surface area contributed by atoms with Gasteiger partial charge in [-0.25, -0.2) is 13.8 Å². The molecule has 1 N–H and O–H groups in total. The average Bonchev–Trinajstić information content (AvgIpc) is 3.55. The Morgan fingerprint density at radius 2 is 1.92 bits per heavy atom. The van der Waals surface area contributed by atoms with Crippen molar-refractivity contribution < 1.29 is 28.2 Å². The fraction of sp³-hybridized carbons (Fsp3) is 0.148. The lowest BCUT2D eigenvalue weighted by atomic mass is 9.94. The molecule has 1 fully saturated rings. The molecule has 2 aliphatic heterocycles. The van der Waals surface area contributed by atoms with E-state index >= 15 is 0 Å². The molecule has 4 aromatic rings. The van der Waals surface area contributed by atoms with Crippen molar-refractivity contribution in [1.29, 1.82) is 0 Å². The number of carbonyl (C=O) groups is 2. The normalized spacial score (nSPS) is 18.6. The van der Waals surface area contributed by atoms with Crippen molar-refractivity contribution in [1.82, 2.24) is 4.98 Å². The molecule has 1 unspecified atom stereocenters.